The summed E-state index contributed by atoms with van der Waals surface area (Å²) in [4.78, 5) is 21.9. The first-order valence-electron chi connectivity index (χ1n) is 5.32. The lowest BCUT2D eigenvalue weighted by atomic mass is 10.1. The number of rotatable bonds is 4. The summed E-state index contributed by atoms with van der Waals surface area (Å²) in [5.74, 6) is 0.945. The number of aldehydes is 1. The molecule has 1 heterocycles. The van der Waals surface area contributed by atoms with E-state index in [1.165, 1.54) is 20.3 Å². The van der Waals surface area contributed by atoms with Gasteiger partial charge in [-0.15, -0.1) is 0 Å². The van der Waals surface area contributed by atoms with Gasteiger partial charge in [-0.2, -0.15) is 0 Å². The Hall–Kier alpha value is -2.30. The number of ether oxygens (including phenoxy) is 2. The molecule has 0 amide bonds. The van der Waals surface area contributed by atoms with Crippen molar-refractivity contribution in [2.45, 2.75) is 6.42 Å². The molecule has 0 spiro atoms. The second-order valence-corrected chi connectivity index (χ2v) is 3.63. The molecule has 5 nitrogen and oxygen atoms in total. The largest absolute Gasteiger partial charge is 0.496 e. The first-order valence-corrected chi connectivity index (χ1v) is 5.32. The summed E-state index contributed by atoms with van der Waals surface area (Å²) in [6, 6.07) is 4.49. The number of methoxy groups -OCH3 is 2. The average molecular weight is 248 g/mol. The van der Waals surface area contributed by atoms with Crippen LogP contribution in [0.15, 0.2) is 27.4 Å². The molecular weight excluding hydrogens is 236 g/mol. The molecular formula is C13H12O5. The molecule has 0 aliphatic heterocycles. The molecule has 1 aromatic heterocycles. The lowest BCUT2D eigenvalue weighted by molar-refractivity contribution is -0.107. The lowest BCUT2D eigenvalue weighted by Crippen LogP contribution is -2.01. The van der Waals surface area contributed by atoms with E-state index in [4.69, 9.17) is 13.9 Å². The summed E-state index contributed by atoms with van der Waals surface area (Å²) in [6.07, 6.45) is 0.937. The Labute approximate surface area is 103 Å². The standard InChI is InChI=1S/C13H12O5/c1-16-10-7-11-8(3-4-12(15)18-11)13(17-2)9(10)5-6-14/h3-4,6-7H,5H2,1-2H3. The van der Waals surface area contributed by atoms with E-state index in [0.29, 0.717) is 28.0 Å². The van der Waals surface area contributed by atoms with Crippen molar-refractivity contribution in [2.75, 3.05) is 14.2 Å². The molecule has 0 saturated carbocycles. The smallest absolute Gasteiger partial charge is 0.336 e. The fourth-order valence-corrected chi connectivity index (χ4v) is 1.90. The average Bonchev–Trinajstić information content (AvgIpc) is 2.38. The van der Waals surface area contributed by atoms with Gasteiger partial charge >= 0.3 is 5.63 Å². The number of carbonyl (C=O) groups is 1. The third-order valence-electron chi connectivity index (χ3n) is 2.65. The Morgan fingerprint density at radius 2 is 2.06 bits per heavy atom. The molecule has 0 N–H and O–H groups in total. The number of hydrogen-bond acceptors (Lipinski definition) is 5. The minimum absolute atomic E-state index is 0.168. The number of benzene rings is 1. The van der Waals surface area contributed by atoms with Crippen LogP contribution < -0.4 is 15.1 Å². The summed E-state index contributed by atoms with van der Waals surface area (Å²) < 4.78 is 15.6. The second-order valence-electron chi connectivity index (χ2n) is 3.63. The molecule has 18 heavy (non-hydrogen) atoms. The predicted octanol–water partition coefficient (Wildman–Crippen LogP) is 1.55. The van der Waals surface area contributed by atoms with Crippen LogP contribution in [-0.2, 0) is 11.2 Å². The maximum absolute atomic E-state index is 11.2. The van der Waals surface area contributed by atoms with Crippen molar-refractivity contribution < 1.29 is 18.7 Å². The molecule has 2 rings (SSSR count). The summed E-state index contributed by atoms with van der Waals surface area (Å²) in [7, 11) is 2.98. The summed E-state index contributed by atoms with van der Waals surface area (Å²) >= 11 is 0. The quantitative estimate of drug-likeness (QED) is 0.606. The van der Waals surface area contributed by atoms with Gasteiger partial charge in [-0.05, 0) is 6.07 Å². The second kappa shape index (κ2) is 4.91. The Morgan fingerprint density at radius 3 is 2.67 bits per heavy atom. The zero-order valence-corrected chi connectivity index (χ0v) is 10.1. The summed E-state index contributed by atoms with van der Waals surface area (Å²) in [5.41, 5.74) is 0.553. The van der Waals surface area contributed by atoms with Crippen LogP contribution in [0.2, 0.25) is 0 Å². The van der Waals surface area contributed by atoms with Gasteiger partial charge in [-0.25, -0.2) is 4.79 Å². The van der Waals surface area contributed by atoms with Gasteiger partial charge < -0.3 is 18.7 Å². The van der Waals surface area contributed by atoms with Gasteiger partial charge in [0.15, 0.2) is 0 Å². The highest BCUT2D eigenvalue weighted by Gasteiger charge is 2.16. The van der Waals surface area contributed by atoms with Crippen LogP contribution in [0.3, 0.4) is 0 Å². The van der Waals surface area contributed by atoms with Crippen LogP contribution in [-0.4, -0.2) is 20.5 Å². The van der Waals surface area contributed by atoms with Gasteiger partial charge in [0.05, 0.1) is 19.6 Å². The van der Waals surface area contributed by atoms with Crippen molar-refractivity contribution in [3.63, 3.8) is 0 Å². The monoisotopic (exact) mass is 248 g/mol. The van der Waals surface area contributed by atoms with Gasteiger partial charge in [-0.1, -0.05) is 0 Å². The van der Waals surface area contributed by atoms with Crippen LogP contribution >= 0.6 is 0 Å². The van der Waals surface area contributed by atoms with Crippen molar-refractivity contribution in [2.24, 2.45) is 0 Å². The highest BCUT2D eigenvalue weighted by atomic mass is 16.5. The lowest BCUT2D eigenvalue weighted by Gasteiger charge is -2.13. The molecule has 2 aromatic rings. The molecule has 0 saturated heterocycles. The number of fused-ring (bicyclic) bond motifs is 1. The number of carbonyl (C=O) groups excluding carboxylic acids is 1. The highest BCUT2D eigenvalue weighted by molar-refractivity contribution is 5.88. The minimum Gasteiger partial charge on any atom is -0.496 e. The Kier molecular flexibility index (Phi) is 3.32. The zero-order valence-electron chi connectivity index (χ0n) is 10.1. The summed E-state index contributed by atoms with van der Waals surface area (Å²) in [5, 5.41) is 0.634. The van der Waals surface area contributed by atoms with Crippen LogP contribution in [0.5, 0.6) is 11.5 Å². The van der Waals surface area contributed by atoms with Crippen LogP contribution in [0.25, 0.3) is 11.0 Å². The fourth-order valence-electron chi connectivity index (χ4n) is 1.90. The third kappa shape index (κ3) is 1.95. The van der Waals surface area contributed by atoms with E-state index < -0.39 is 5.63 Å². The van der Waals surface area contributed by atoms with Gasteiger partial charge in [-0.3, -0.25) is 0 Å². The van der Waals surface area contributed by atoms with Crippen LogP contribution in [0, 0.1) is 0 Å². The van der Waals surface area contributed by atoms with Crippen molar-refractivity contribution in [3.05, 3.63) is 34.2 Å². The molecule has 0 aliphatic rings. The zero-order chi connectivity index (χ0) is 13.1. The fraction of sp³-hybridized carbons (Fsp3) is 0.231. The van der Waals surface area contributed by atoms with Crippen molar-refractivity contribution >= 4 is 17.3 Å². The van der Waals surface area contributed by atoms with E-state index in [-0.39, 0.29) is 6.42 Å². The molecule has 94 valence electrons. The van der Waals surface area contributed by atoms with Crippen LogP contribution in [0.1, 0.15) is 5.56 Å². The van der Waals surface area contributed by atoms with E-state index in [2.05, 4.69) is 0 Å². The SMILES string of the molecule is COc1cc2oc(=O)ccc2c(OC)c1CC=O. The first kappa shape index (κ1) is 12.2. The van der Waals surface area contributed by atoms with E-state index in [1.807, 2.05) is 0 Å². The van der Waals surface area contributed by atoms with E-state index in [0.717, 1.165) is 6.29 Å². The Balaban J connectivity index is 2.84. The molecule has 0 atom stereocenters. The Bertz CT molecular complexity index is 642. The molecule has 5 heteroatoms. The van der Waals surface area contributed by atoms with Gasteiger partial charge in [0.25, 0.3) is 0 Å². The third-order valence-corrected chi connectivity index (χ3v) is 2.65. The number of hydrogen-bond donors (Lipinski definition) is 0. The molecule has 0 radical (unpaired) electrons. The van der Waals surface area contributed by atoms with Gasteiger partial charge in [0.2, 0.25) is 0 Å². The molecule has 1 aromatic carbocycles. The predicted molar refractivity (Wildman–Crippen MR) is 65.4 cm³/mol. The highest BCUT2D eigenvalue weighted by Crippen LogP contribution is 2.36. The maximum Gasteiger partial charge on any atom is 0.336 e. The topological polar surface area (TPSA) is 65.7 Å². The van der Waals surface area contributed by atoms with E-state index >= 15 is 0 Å². The molecule has 0 fully saturated rings. The van der Waals surface area contributed by atoms with Crippen molar-refractivity contribution in [1.82, 2.24) is 0 Å². The Morgan fingerprint density at radius 1 is 1.28 bits per heavy atom. The minimum atomic E-state index is -0.449. The van der Waals surface area contributed by atoms with Crippen molar-refractivity contribution in [3.8, 4) is 11.5 Å². The van der Waals surface area contributed by atoms with Crippen molar-refractivity contribution in [1.29, 1.82) is 0 Å². The van der Waals surface area contributed by atoms with Gasteiger partial charge in [0.1, 0.15) is 23.4 Å². The van der Waals surface area contributed by atoms with E-state index in [9.17, 15) is 9.59 Å². The van der Waals surface area contributed by atoms with Crippen LogP contribution in [0.4, 0.5) is 0 Å². The molecule has 0 unspecified atom stereocenters. The normalized spacial score (nSPS) is 10.3. The maximum atomic E-state index is 11.2. The molecule has 0 aliphatic carbocycles. The molecule has 0 bridgehead atoms. The summed E-state index contributed by atoms with van der Waals surface area (Å²) in [6.45, 7) is 0. The van der Waals surface area contributed by atoms with E-state index in [1.54, 1.807) is 12.1 Å². The van der Waals surface area contributed by atoms with Gasteiger partial charge in [0, 0.05) is 24.1 Å². The first-order chi connectivity index (χ1) is 8.71.